The van der Waals surface area contributed by atoms with Crippen molar-refractivity contribution in [2.24, 2.45) is 0 Å². The number of anilines is 1. The molecule has 0 unspecified atom stereocenters. The van der Waals surface area contributed by atoms with Crippen molar-refractivity contribution >= 4 is 28.6 Å². The van der Waals surface area contributed by atoms with Gasteiger partial charge in [0.15, 0.2) is 5.17 Å². The standard InChI is InChI=1S/C12H15N3OS/c1-9(2)15-11(13)17-8-14(12(15)16)10-6-4-3-5-7-10/h3-7,9,13H,8H2,1-2H3. The van der Waals surface area contributed by atoms with Crippen molar-refractivity contribution in [3.8, 4) is 0 Å². The summed E-state index contributed by atoms with van der Waals surface area (Å²) < 4.78 is 0. The number of para-hydroxylation sites is 1. The molecule has 1 aromatic rings. The van der Waals surface area contributed by atoms with Gasteiger partial charge in [0.25, 0.3) is 0 Å². The summed E-state index contributed by atoms with van der Waals surface area (Å²) in [6.45, 7) is 3.84. The second-order valence-electron chi connectivity index (χ2n) is 4.09. The predicted molar refractivity (Wildman–Crippen MR) is 71.5 cm³/mol. The number of carbonyl (C=O) groups excluding carboxylic acids is 1. The molecule has 1 N–H and O–H groups in total. The predicted octanol–water partition coefficient (Wildman–Crippen LogP) is 2.96. The molecule has 0 aromatic heterocycles. The summed E-state index contributed by atoms with van der Waals surface area (Å²) in [6.07, 6.45) is 0. The van der Waals surface area contributed by atoms with Gasteiger partial charge < -0.3 is 0 Å². The van der Waals surface area contributed by atoms with Gasteiger partial charge >= 0.3 is 6.03 Å². The molecule has 1 aliphatic heterocycles. The normalized spacial score (nSPS) is 16.9. The molecule has 1 aromatic carbocycles. The van der Waals surface area contributed by atoms with Gasteiger partial charge in [0.05, 0.1) is 5.88 Å². The summed E-state index contributed by atoms with van der Waals surface area (Å²) in [5.41, 5.74) is 0.878. The van der Waals surface area contributed by atoms with Crippen LogP contribution in [0.25, 0.3) is 0 Å². The maximum atomic E-state index is 12.3. The molecule has 0 bridgehead atoms. The molecule has 90 valence electrons. The summed E-state index contributed by atoms with van der Waals surface area (Å²) in [4.78, 5) is 15.5. The van der Waals surface area contributed by atoms with E-state index in [0.29, 0.717) is 11.0 Å². The molecule has 17 heavy (non-hydrogen) atoms. The lowest BCUT2D eigenvalue weighted by atomic mass is 10.3. The van der Waals surface area contributed by atoms with E-state index >= 15 is 0 Å². The van der Waals surface area contributed by atoms with Crippen molar-refractivity contribution in [2.75, 3.05) is 10.8 Å². The van der Waals surface area contributed by atoms with Crippen LogP contribution in [0.2, 0.25) is 0 Å². The number of benzene rings is 1. The lowest BCUT2D eigenvalue weighted by molar-refractivity contribution is 0.220. The third-order valence-electron chi connectivity index (χ3n) is 2.57. The fourth-order valence-corrected chi connectivity index (χ4v) is 2.65. The van der Waals surface area contributed by atoms with Gasteiger partial charge in [0, 0.05) is 11.7 Å². The molecule has 0 saturated carbocycles. The largest absolute Gasteiger partial charge is 0.331 e. The number of amides is 2. The fraction of sp³-hybridized carbons (Fsp3) is 0.333. The van der Waals surface area contributed by atoms with Crippen LogP contribution in [-0.2, 0) is 0 Å². The van der Waals surface area contributed by atoms with Gasteiger partial charge in [0.2, 0.25) is 0 Å². The van der Waals surface area contributed by atoms with Gasteiger partial charge in [-0.25, -0.2) is 4.79 Å². The summed E-state index contributed by atoms with van der Waals surface area (Å²) >= 11 is 1.38. The SMILES string of the molecule is CC(C)N1C(=N)SCN(c2ccccc2)C1=O. The van der Waals surface area contributed by atoms with E-state index in [1.165, 1.54) is 16.7 Å². The van der Waals surface area contributed by atoms with Crippen LogP contribution in [0.15, 0.2) is 30.3 Å². The number of thioether (sulfide) groups is 1. The zero-order chi connectivity index (χ0) is 12.4. The van der Waals surface area contributed by atoms with Crippen molar-refractivity contribution in [1.82, 2.24) is 4.90 Å². The fourth-order valence-electron chi connectivity index (χ4n) is 1.72. The summed E-state index contributed by atoms with van der Waals surface area (Å²) in [6, 6.07) is 9.45. The number of nitrogens with one attached hydrogen (secondary N) is 1. The third kappa shape index (κ3) is 2.29. The Kier molecular flexibility index (Phi) is 3.38. The maximum Gasteiger partial charge on any atom is 0.331 e. The van der Waals surface area contributed by atoms with Crippen molar-refractivity contribution in [2.45, 2.75) is 19.9 Å². The van der Waals surface area contributed by atoms with Crippen molar-refractivity contribution < 1.29 is 4.79 Å². The molecule has 1 aliphatic rings. The number of hydrogen-bond acceptors (Lipinski definition) is 3. The molecule has 5 heteroatoms. The minimum absolute atomic E-state index is 0.00834. The van der Waals surface area contributed by atoms with Gasteiger partial charge in [-0.2, -0.15) is 0 Å². The minimum Gasteiger partial charge on any atom is -0.284 e. The highest BCUT2D eigenvalue weighted by Gasteiger charge is 2.32. The first-order chi connectivity index (χ1) is 8.11. The molecule has 1 fully saturated rings. The maximum absolute atomic E-state index is 12.3. The second kappa shape index (κ2) is 4.79. The highest BCUT2D eigenvalue weighted by Crippen LogP contribution is 2.26. The van der Waals surface area contributed by atoms with Crippen LogP contribution >= 0.6 is 11.8 Å². The van der Waals surface area contributed by atoms with Gasteiger partial charge in [0.1, 0.15) is 0 Å². The lowest BCUT2D eigenvalue weighted by Crippen LogP contribution is -2.52. The average molecular weight is 249 g/mol. The molecule has 1 saturated heterocycles. The third-order valence-corrected chi connectivity index (χ3v) is 3.43. The monoisotopic (exact) mass is 249 g/mol. The van der Waals surface area contributed by atoms with Crippen molar-refractivity contribution in [3.05, 3.63) is 30.3 Å². The Morgan fingerprint density at radius 3 is 2.53 bits per heavy atom. The Morgan fingerprint density at radius 2 is 1.94 bits per heavy atom. The minimum atomic E-state index is -0.116. The number of amidine groups is 1. The summed E-state index contributed by atoms with van der Waals surface area (Å²) in [5.74, 6) is 0.505. The zero-order valence-corrected chi connectivity index (χ0v) is 10.7. The molecule has 0 radical (unpaired) electrons. The molecular weight excluding hydrogens is 234 g/mol. The summed E-state index contributed by atoms with van der Waals surface area (Å²) in [5, 5.41) is 8.13. The van der Waals surface area contributed by atoms with Crippen LogP contribution in [0.3, 0.4) is 0 Å². The molecule has 2 rings (SSSR count). The van der Waals surface area contributed by atoms with E-state index < -0.39 is 0 Å². The molecule has 0 atom stereocenters. The topological polar surface area (TPSA) is 47.4 Å². The van der Waals surface area contributed by atoms with Gasteiger partial charge in [-0.1, -0.05) is 30.0 Å². The van der Waals surface area contributed by atoms with Crippen LogP contribution in [0.1, 0.15) is 13.8 Å². The summed E-state index contributed by atoms with van der Waals surface area (Å²) in [7, 11) is 0. The smallest absolute Gasteiger partial charge is 0.284 e. The number of carbonyl (C=O) groups is 1. The Balaban J connectivity index is 2.27. The van der Waals surface area contributed by atoms with Crippen molar-refractivity contribution in [1.29, 1.82) is 5.41 Å². The molecule has 2 amide bonds. The Hall–Kier alpha value is -1.49. The van der Waals surface area contributed by atoms with Gasteiger partial charge in [-0.05, 0) is 26.0 Å². The van der Waals surface area contributed by atoms with E-state index in [4.69, 9.17) is 5.41 Å². The van der Waals surface area contributed by atoms with E-state index in [1.807, 2.05) is 44.2 Å². The zero-order valence-electron chi connectivity index (χ0n) is 9.88. The molecular formula is C12H15N3OS. The average Bonchev–Trinajstić information content (AvgIpc) is 2.30. The molecule has 1 heterocycles. The second-order valence-corrected chi connectivity index (χ2v) is 5.02. The number of nitrogens with zero attached hydrogens (tertiary/aromatic N) is 2. The van der Waals surface area contributed by atoms with Crippen LogP contribution in [0.4, 0.5) is 10.5 Å². The van der Waals surface area contributed by atoms with E-state index in [-0.39, 0.29) is 12.1 Å². The Labute approximate surface area is 105 Å². The quantitative estimate of drug-likeness (QED) is 0.876. The van der Waals surface area contributed by atoms with Crippen molar-refractivity contribution in [3.63, 3.8) is 0 Å². The Bertz CT molecular complexity index is 433. The molecule has 4 nitrogen and oxygen atoms in total. The first-order valence-corrected chi connectivity index (χ1v) is 6.47. The molecule has 0 spiro atoms. The molecule has 0 aliphatic carbocycles. The van der Waals surface area contributed by atoms with E-state index in [2.05, 4.69) is 0 Å². The van der Waals surface area contributed by atoms with E-state index in [0.717, 1.165) is 5.69 Å². The number of hydrogen-bond donors (Lipinski definition) is 1. The van der Waals surface area contributed by atoms with E-state index in [1.54, 1.807) is 4.90 Å². The van der Waals surface area contributed by atoms with Crippen LogP contribution in [0.5, 0.6) is 0 Å². The van der Waals surface area contributed by atoms with Crippen LogP contribution in [0, 0.1) is 5.41 Å². The van der Waals surface area contributed by atoms with Gasteiger partial charge in [-0.3, -0.25) is 15.2 Å². The number of rotatable bonds is 2. The van der Waals surface area contributed by atoms with Gasteiger partial charge in [-0.15, -0.1) is 0 Å². The van der Waals surface area contributed by atoms with E-state index in [9.17, 15) is 4.79 Å². The van der Waals surface area contributed by atoms with Crippen LogP contribution in [-0.4, -0.2) is 28.0 Å². The van der Waals surface area contributed by atoms with Crippen LogP contribution < -0.4 is 4.90 Å². The highest BCUT2D eigenvalue weighted by atomic mass is 32.2. The first-order valence-electron chi connectivity index (χ1n) is 5.48. The highest BCUT2D eigenvalue weighted by molar-refractivity contribution is 8.13. The first kappa shape index (κ1) is 12.0. The lowest BCUT2D eigenvalue weighted by Gasteiger charge is -2.37. The number of urea groups is 1. The Morgan fingerprint density at radius 1 is 1.29 bits per heavy atom.